The Balaban J connectivity index is 3.89. The van der Waals surface area contributed by atoms with Crippen LogP contribution in [0.25, 0.3) is 0 Å². The topological polar surface area (TPSA) is 26.3 Å². The minimum Gasteiger partial charge on any atom is -0.417 e. The molecule has 0 aliphatic rings. The van der Waals surface area contributed by atoms with Crippen LogP contribution in [-0.2, 0) is 9.22 Å². The van der Waals surface area contributed by atoms with Gasteiger partial charge in [0.1, 0.15) is 0 Å². The number of unbranched alkanes of at least 4 members (excludes halogenated alkanes) is 2. The first-order valence-electron chi connectivity index (χ1n) is 7.55. The average molecular weight is 297 g/mol. The van der Waals surface area contributed by atoms with E-state index in [9.17, 15) is 4.79 Å². The average Bonchev–Trinajstić information content (AvgIpc) is 2.29. The van der Waals surface area contributed by atoms with Crippen molar-refractivity contribution in [2.24, 2.45) is 0 Å². The molecule has 0 atom stereocenters. The van der Waals surface area contributed by atoms with Gasteiger partial charge < -0.3 is 4.43 Å². The summed E-state index contributed by atoms with van der Waals surface area (Å²) in [6.07, 6.45) is 8.98. The van der Waals surface area contributed by atoms with Crippen molar-refractivity contribution in [1.29, 1.82) is 0 Å². The molecule has 0 saturated heterocycles. The lowest BCUT2D eigenvalue weighted by Crippen LogP contribution is -2.40. The van der Waals surface area contributed by atoms with E-state index >= 15 is 0 Å². The van der Waals surface area contributed by atoms with Crippen molar-refractivity contribution in [3.8, 4) is 0 Å². The molecule has 0 aromatic rings. The van der Waals surface area contributed by atoms with Gasteiger partial charge in [0.05, 0.1) is 0 Å². The van der Waals surface area contributed by atoms with Crippen LogP contribution >= 0.6 is 0 Å². The van der Waals surface area contributed by atoms with Gasteiger partial charge in [0.25, 0.3) is 0 Å². The molecule has 0 aromatic heterocycles. The number of rotatable bonds is 8. The summed E-state index contributed by atoms with van der Waals surface area (Å²) in [5.41, 5.74) is 1.16. The maximum absolute atomic E-state index is 10.8. The second-order valence-electron chi connectivity index (χ2n) is 7.00. The molecule has 116 valence electrons. The van der Waals surface area contributed by atoms with E-state index in [0.717, 1.165) is 31.4 Å². The number of ketones is 1. The van der Waals surface area contributed by atoms with E-state index in [1.807, 2.05) is 13.0 Å². The van der Waals surface area contributed by atoms with Crippen LogP contribution in [0.1, 0.15) is 53.9 Å². The molecule has 0 amide bonds. The van der Waals surface area contributed by atoms with Gasteiger partial charge in [-0.2, -0.15) is 0 Å². The minimum absolute atomic E-state index is 0.0977. The standard InChI is InChI=1S/C17H32O2Si/c1-15(12-13-16(2)18)11-9-8-10-14-19-20(6,7)17(3,4)5/h11-13H,8-10,14H2,1-7H3/b13-12+,15-11+. The molecule has 3 heteroatoms. The second-order valence-corrected chi connectivity index (χ2v) is 11.8. The zero-order valence-corrected chi connectivity index (χ0v) is 15.4. The molecule has 0 heterocycles. The van der Waals surface area contributed by atoms with Crippen molar-refractivity contribution in [2.75, 3.05) is 6.61 Å². The largest absolute Gasteiger partial charge is 0.417 e. The Kier molecular flexibility index (Phi) is 8.29. The van der Waals surface area contributed by atoms with Crippen LogP contribution in [0.2, 0.25) is 18.1 Å². The van der Waals surface area contributed by atoms with Gasteiger partial charge >= 0.3 is 0 Å². The third-order valence-corrected chi connectivity index (χ3v) is 8.45. The van der Waals surface area contributed by atoms with Crippen molar-refractivity contribution in [3.05, 3.63) is 23.8 Å². The smallest absolute Gasteiger partial charge is 0.191 e. The maximum atomic E-state index is 10.8. The van der Waals surface area contributed by atoms with E-state index in [-0.39, 0.29) is 5.78 Å². The highest BCUT2D eigenvalue weighted by Gasteiger charge is 2.36. The van der Waals surface area contributed by atoms with Gasteiger partial charge in [-0.05, 0) is 57.3 Å². The molecule has 2 nitrogen and oxygen atoms in total. The van der Waals surface area contributed by atoms with E-state index in [1.54, 1.807) is 13.0 Å². The zero-order valence-electron chi connectivity index (χ0n) is 14.4. The quantitative estimate of drug-likeness (QED) is 0.264. The van der Waals surface area contributed by atoms with E-state index in [4.69, 9.17) is 4.43 Å². The van der Waals surface area contributed by atoms with Gasteiger partial charge in [0.15, 0.2) is 14.1 Å². The van der Waals surface area contributed by atoms with Crippen LogP contribution in [0.15, 0.2) is 23.8 Å². The molecular formula is C17H32O2Si. The SMILES string of the molecule is CC(=O)/C=C/C(C)=C/CCCCO[Si](C)(C)C(C)(C)C. The van der Waals surface area contributed by atoms with E-state index in [1.165, 1.54) is 0 Å². The van der Waals surface area contributed by atoms with Crippen LogP contribution < -0.4 is 0 Å². The highest BCUT2D eigenvalue weighted by atomic mass is 28.4. The molecule has 0 fully saturated rings. The summed E-state index contributed by atoms with van der Waals surface area (Å²) in [6, 6.07) is 0. The first-order valence-corrected chi connectivity index (χ1v) is 10.5. The van der Waals surface area contributed by atoms with Gasteiger partial charge in [0.2, 0.25) is 0 Å². The molecule has 0 rings (SSSR count). The summed E-state index contributed by atoms with van der Waals surface area (Å²) in [5, 5.41) is 0.293. The minimum atomic E-state index is -1.58. The summed E-state index contributed by atoms with van der Waals surface area (Å²) in [5.74, 6) is 0.0977. The van der Waals surface area contributed by atoms with Crippen molar-refractivity contribution < 1.29 is 9.22 Å². The summed E-state index contributed by atoms with van der Waals surface area (Å²) >= 11 is 0. The Morgan fingerprint density at radius 3 is 2.20 bits per heavy atom. The molecule has 0 bridgehead atoms. The third-order valence-electron chi connectivity index (χ3n) is 3.91. The number of carbonyl (C=O) groups excluding carboxylic acids is 1. The second kappa shape index (κ2) is 8.58. The molecule has 0 saturated carbocycles. The summed E-state index contributed by atoms with van der Waals surface area (Å²) in [7, 11) is -1.58. The van der Waals surface area contributed by atoms with Gasteiger partial charge in [-0.25, -0.2) is 0 Å². The molecule has 0 aromatic carbocycles. The van der Waals surface area contributed by atoms with Crippen LogP contribution in [0.4, 0.5) is 0 Å². The Morgan fingerprint density at radius 1 is 1.10 bits per heavy atom. The summed E-state index contributed by atoms with van der Waals surface area (Å²) in [6.45, 7) is 15.9. The molecule has 0 aliphatic carbocycles. The lowest BCUT2D eigenvalue weighted by Gasteiger charge is -2.36. The highest BCUT2D eigenvalue weighted by molar-refractivity contribution is 6.74. The lowest BCUT2D eigenvalue weighted by molar-refractivity contribution is -0.112. The summed E-state index contributed by atoms with van der Waals surface area (Å²) < 4.78 is 6.14. The number of carbonyl (C=O) groups is 1. The number of hydrogen-bond acceptors (Lipinski definition) is 2. The molecular weight excluding hydrogens is 264 g/mol. The first-order chi connectivity index (χ1) is 9.06. The highest BCUT2D eigenvalue weighted by Crippen LogP contribution is 2.36. The normalized spacial score (nSPS) is 14.1. The van der Waals surface area contributed by atoms with Gasteiger partial charge in [0, 0.05) is 6.61 Å². The first kappa shape index (κ1) is 19.3. The zero-order chi connectivity index (χ0) is 15.8. The Bertz CT molecular complexity index is 360. The summed E-state index contributed by atoms with van der Waals surface area (Å²) in [4.78, 5) is 10.8. The Morgan fingerprint density at radius 2 is 1.70 bits per heavy atom. The molecule has 0 spiro atoms. The number of allylic oxidation sites excluding steroid dienone is 4. The fraction of sp³-hybridized carbons (Fsp3) is 0.706. The van der Waals surface area contributed by atoms with Gasteiger partial charge in [-0.1, -0.05) is 38.5 Å². The predicted octanol–water partition coefficient (Wildman–Crippen LogP) is 5.27. The molecule has 0 radical (unpaired) electrons. The molecule has 0 aliphatic heterocycles. The van der Waals surface area contributed by atoms with E-state index in [2.05, 4.69) is 39.9 Å². The monoisotopic (exact) mass is 296 g/mol. The fourth-order valence-electron chi connectivity index (χ4n) is 1.44. The van der Waals surface area contributed by atoms with Crippen molar-refractivity contribution >= 4 is 14.1 Å². The maximum Gasteiger partial charge on any atom is 0.191 e. The Hall–Kier alpha value is -0.673. The molecule has 0 unspecified atom stereocenters. The third kappa shape index (κ3) is 8.49. The van der Waals surface area contributed by atoms with Crippen LogP contribution in [0, 0.1) is 0 Å². The Labute approximate surface area is 126 Å². The molecule has 0 N–H and O–H groups in total. The van der Waals surface area contributed by atoms with Crippen LogP contribution in [0.5, 0.6) is 0 Å². The van der Waals surface area contributed by atoms with E-state index < -0.39 is 8.32 Å². The number of hydrogen-bond donors (Lipinski definition) is 0. The van der Waals surface area contributed by atoms with Gasteiger partial charge in [-0.3, -0.25) is 4.79 Å². The van der Waals surface area contributed by atoms with Crippen LogP contribution in [0.3, 0.4) is 0 Å². The van der Waals surface area contributed by atoms with Crippen molar-refractivity contribution in [3.63, 3.8) is 0 Å². The van der Waals surface area contributed by atoms with Crippen molar-refractivity contribution in [1.82, 2.24) is 0 Å². The van der Waals surface area contributed by atoms with E-state index in [0.29, 0.717) is 5.04 Å². The predicted molar refractivity (Wildman–Crippen MR) is 90.6 cm³/mol. The fourth-order valence-corrected chi connectivity index (χ4v) is 2.52. The van der Waals surface area contributed by atoms with Gasteiger partial charge in [-0.15, -0.1) is 0 Å². The van der Waals surface area contributed by atoms with Crippen molar-refractivity contribution in [2.45, 2.75) is 72.0 Å². The lowest BCUT2D eigenvalue weighted by atomic mass is 10.1. The molecule has 20 heavy (non-hydrogen) atoms. The van der Waals surface area contributed by atoms with Crippen LogP contribution in [-0.4, -0.2) is 20.7 Å².